The first-order valence-corrected chi connectivity index (χ1v) is 8.59. The zero-order valence-corrected chi connectivity index (χ0v) is 15.0. The summed E-state index contributed by atoms with van der Waals surface area (Å²) < 4.78 is 0. The van der Waals surface area contributed by atoms with Crippen LogP contribution in [0.15, 0.2) is 72.8 Å². The predicted molar refractivity (Wildman–Crippen MR) is 105 cm³/mol. The van der Waals surface area contributed by atoms with Crippen LogP contribution in [0.3, 0.4) is 0 Å². The second-order valence-electron chi connectivity index (χ2n) is 6.43. The van der Waals surface area contributed by atoms with Crippen molar-refractivity contribution in [3.8, 4) is 0 Å². The molecule has 0 unspecified atom stereocenters. The van der Waals surface area contributed by atoms with Gasteiger partial charge in [-0.15, -0.1) is 0 Å². The van der Waals surface area contributed by atoms with Gasteiger partial charge in [0.15, 0.2) is 11.6 Å². The highest BCUT2D eigenvalue weighted by molar-refractivity contribution is 6.24. The van der Waals surface area contributed by atoms with Crippen molar-refractivity contribution in [1.82, 2.24) is 0 Å². The number of hydrogen-bond donors (Lipinski definition) is 1. The molecule has 0 atom stereocenters. The van der Waals surface area contributed by atoms with Crippen LogP contribution in [-0.2, 0) is 0 Å². The van der Waals surface area contributed by atoms with E-state index in [0.29, 0.717) is 11.1 Å². The SMILES string of the molecule is Cc1ccc(Nc2ccc(C)cc2)cc1.O=C1CC(=O)c2ccccc21. The van der Waals surface area contributed by atoms with E-state index in [1.807, 2.05) is 0 Å². The predicted octanol–water partition coefficient (Wildman–Crippen LogP) is 5.50. The Morgan fingerprint density at radius 2 is 1.00 bits per heavy atom. The maximum Gasteiger partial charge on any atom is 0.171 e. The Bertz CT molecular complexity index is 849. The lowest BCUT2D eigenvalue weighted by atomic mass is 10.1. The lowest BCUT2D eigenvalue weighted by Crippen LogP contribution is -1.90. The van der Waals surface area contributed by atoms with Crippen molar-refractivity contribution in [2.75, 3.05) is 5.32 Å². The van der Waals surface area contributed by atoms with E-state index in [2.05, 4.69) is 67.7 Å². The molecule has 1 N–H and O–H groups in total. The van der Waals surface area contributed by atoms with Gasteiger partial charge in [-0.3, -0.25) is 9.59 Å². The van der Waals surface area contributed by atoms with Crippen molar-refractivity contribution < 1.29 is 9.59 Å². The Morgan fingerprint density at radius 3 is 1.38 bits per heavy atom. The number of Topliss-reactive ketones (excluding diaryl/α,β-unsaturated/α-hetero) is 2. The van der Waals surface area contributed by atoms with Crippen molar-refractivity contribution in [2.24, 2.45) is 0 Å². The fourth-order valence-electron chi connectivity index (χ4n) is 2.75. The summed E-state index contributed by atoms with van der Waals surface area (Å²) in [5.74, 6) is -0.101. The fourth-order valence-corrected chi connectivity index (χ4v) is 2.75. The van der Waals surface area contributed by atoms with Gasteiger partial charge in [-0.05, 0) is 38.1 Å². The fraction of sp³-hybridized carbons (Fsp3) is 0.130. The molecule has 0 aliphatic heterocycles. The largest absolute Gasteiger partial charge is 0.356 e. The molecular weight excluding hydrogens is 322 g/mol. The highest BCUT2D eigenvalue weighted by Crippen LogP contribution is 2.20. The summed E-state index contributed by atoms with van der Waals surface area (Å²) in [6.07, 6.45) is 0.0549. The third-order valence-corrected chi connectivity index (χ3v) is 4.24. The van der Waals surface area contributed by atoms with Crippen LogP contribution in [0.25, 0.3) is 0 Å². The Kier molecular flexibility index (Phi) is 5.28. The molecule has 0 radical (unpaired) electrons. The Hall–Kier alpha value is -3.20. The van der Waals surface area contributed by atoms with Gasteiger partial charge >= 0.3 is 0 Å². The lowest BCUT2D eigenvalue weighted by molar-refractivity contribution is 0.0923. The van der Waals surface area contributed by atoms with Gasteiger partial charge in [-0.2, -0.15) is 0 Å². The molecule has 0 aromatic heterocycles. The number of carbonyl (C=O) groups is 2. The molecule has 0 amide bonds. The summed E-state index contributed by atoms with van der Waals surface area (Å²) in [6, 6.07) is 23.7. The number of hydrogen-bond acceptors (Lipinski definition) is 3. The minimum atomic E-state index is -0.0504. The smallest absolute Gasteiger partial charge is 0.171 e. The van der Waals surface area contributed by atoms with Crippen LogP contribution < -0.4 is 5.32 Å². The normalized spacial score (nSPS) is 12.2. The average molecular weight is 343 g/mol. The molecule has 4 rings (SSSR count). The van der Waals surface area contributed by atoms with E-state index in [1.165, 1.54) is 11.1 Å². The molecule has 1 aliphatic carbocycles. The van der Waals surface area contributed by atoms with Gasteiger partial charge in [0.05, 0.1) is 6.42 Å². The zero-order valence-electron chi connectivity index (χ0n) is 15.0. The topological polar surface area (TPSA) is 46.2 Å². The number of carbonyl (C=O) groups excluding carboxylic acids is 2. The molecule has 0 heterocycles. The molecule has 3 heteroatoms. The maximum absolute atomic E-state index is 11.1. The molecule has 0 spiro atoms. The van der Waals surface area contributed by atoms with Crippen molar-refractivity contribution in [3.63, 3.8) is 0 Å². The van der Waals surface area contributed by atoms with E-state index in [0.717, 1.165) is 11.4 Å². The van der Waals surface area contributed by atoms with E-state index in [4.69, 9.17) is 0 Å². The molecule has 130 valence electrons. The quantitative estimate of drug-likeness (QED) is 0.625. The summed E-state index contributed by atoms with van der Waals surface area (Å²) in [5.41, 5.74) is 5.98. The summed E-state index contributed by atoms with van der Waals surface area (Å²) in [6.45, 7) is 4.19. The van der Waals surface area contributed by atoms with Crippen molar-refractivity contribution in [3.05, 3.63) is 95.1 Å². The van der Waals surface area contributed by atoms with Gasteiger partial charge < -0.3 is 5.32 Å². The number of fused-ring (bicyclic) bond motifs is 1. The summed E-state index contributed by atoms with van der Waals surface area (Å²) in [7, 11) is 0. The Labute approximate surface area is 153 Å². The Morgan fingerprint density at radius 1 is 0.615 bits per heavy atom. The van der Waals surface area contributed by atoms with Crippen molar-refractivity contribution in [2.45, 2.75) is 20.3 Å². The molecule has 0 saturated carbocycles. The second-order valence-corrected chi connectivity index (χ2v) is 6.43. The number of aryl methyl sites for hydroxylation is 2. The minimum Gasteiger partial charge on any atom is -0.356 e. The molecule has 3 aromatic rings. The van der Waals surface area contributed by atoms with Crippen LogP contribution in [0, 0.1) is 13.8 Å². The van der Waals surface area contributed by atoms with Crippen LogP contribution >= 0.6 is 0 Å². The van der Waals surface area contributed by atoms with Crippen molar-refractivity contribution >= 4 is 22.9 Å². The van der Waals surface area contributed by atoms with Gasteiger partial charge in [-0.1, -0.05) is 59.7 Å². The molecule has 3 nitrogen and oxygen atoms in total. The first-order chi connectivity index (χ1) is 12.5. The second kappa shape index (κ2) is 7.79. The number of rotatable bonds is 2. The standard InChI is InChI=1S/C14H15N.C9H6O2/c1-11-3-7-13(8-4-11)15-14-9-5-12(2)6-10-14;10-8-5-9(11)7-4-2-1-3-6(7)8/h3-10,15H,1-2H3;1-4H,5H2. The number of nitrogens with one attached hydrogen (secondary N) is 1. The molecule has 26 heavy (non-hydrogen) atoms. The van der Waals surface area contributed by atoms with Gasteiger partial charge in [0.25, 0.3) is 0 Å². The Balaban J connectivity index is 0.000000158. The first-order valence-electron chi connectivity index (χ1n) is 8.59. The number of ketones is 2. The van der Waals surface area contributed by atoms with Crippen LogP contribution in [0.1, 0.15) is 38.3 Å². The summed E-state index contributed by atoms with van der Waals surface area (Å²) in [5, 5.41) is 3.36. The highest BCUT2D eigenvalue weighted by atomic mass is 16.2. The monoisotopic (exact) mass is 343 g/mol. The highest BCUT2D eigenvalue weighted by Gasteiger charge is 2.25. The van der Waals surface area contributed by atoms with E-state index >= 15 is 0 Å². The third kappa shape index (κ3) is 4.25. The van der Waals surface area contributed by atoms with Gasteiger partial charge in [-0.25, -0.2) is 0 Å². The average Bonchev–Trinajstić information content (AvgIpc) is 2.94. The molecule has 3 aromatic carbocycles. The minimum absolute atomic E-state index is 0.0504. The molecule has 0 saturated heterocycles. The number of benzene rings is 3. The first kappa shape index (κ1) is 17.6. The van der Waals surface area contributed by atoms with E-state index in [9.17, 15) is 9.59 Å². The maximum atomic E-state index is 11.1. The van der Waals surface area contributed by atoms with Crippen LogP contribution in [0.4, 0.5) is 11.4 Å². The lowest BCUT2D eigenvalue weighted by Gasteiger charge is -2.06. The summed E-state index contributed by atoms with van der Waals surface area (Å²) in [4.78, 5) is 22.1. The zero-order chi connectivity index (χ0) is 18.5. The van der Waals surface area contributed by atoms with E-state index in [1.54, 1.807) is 24.3 Å². The molecular formula is C23H21NO2. The van der Waals surface area contributed by atoms with E-state index in [-0.39, 0.29) is 18.0 Å². The molecule has 0 fully saturated rings. The van der Waals surface area contributed by atoms with E-state index < -0.39 is 0 Å². The van der Waals surface area contributed by atoms with Gasteiger partial charge in [0.1, 0.15) is 0 Å². The third-order valence-electron chi connectivity index (χ3n) is 4.24. The van der Waals surface area contributed by atoms with Crippen molar-refractivity contribution in [1.29, 1.82) is 0 Å². The van der Waals surface area contributed by atoms with Gasteiger partial charge in [0, 0.05) is 22.5 Å². The summed E-state index contributed by atoms with van der Waals surface area (Å²) >= 11 is 0. The number of anilines is 2. The molecule has 0 bridgehead atoms. The van der Waals surface area contributed by atoms with Crippen LogP contribution in [0.5, 0.6) is 0 Å². The van der Waals surface area contributed by atoms with Crippen LogP contribution in [-0.4, -0.2) is 11.6 Å². The van der Waals surface area contributed by atoms with Crippen LogP contribution in [0.2, 0.25) is 0 Å². The van der Waals surface area contributed by atoms with Gasteiger partial charge in [0.2, 0.25) is 0 Å². The molecule has 1 aliphatic rings.